The number of methoxy groups -OCH3 is 1. The molecule has 1 fully saturated rings. The minimum Gasteiger partial charge on any atom is -0.378 e. The highest BCUT2D eigenvalue weighted by atomic mass is 32.1. The monoisotopic (exact) mass is 294 g/mol. The summed E-state index contributed by atoms with van der Waals surface area (Å²) in [6, 6.07) is 0.566. The smallest absolute Gasteiger partial charge is 0.378 e. The molecule has 108 valence electrons. The third-order valence-corrected chi connectivity index (χ3v) is 4.01. The van der Waals surface area contributed by atoms with Crippen LogP contribution in [0.5, 0.6) is 0 Å². The molecular formula is C12H17F3N2OS. The molecule has 1 aromatic heterocycles. The average molecular weight is 294 g/mol. The molecule has 0 amide bonds. The maximum absolute atomic E-state index is 12.2. The van der Waals surface area contributed by atoms with Crippen molar-refractivity contribution in [3.8, 4) is 0 Å². The Morgan fingerprint density at radius 3 is 2.74 bits per heavy atom. The number of ether oxygens (including phenoxy) is 1. The van der Waals surface area contributed by atoms with Gasteiger partial charge in [0.25, 0.3) is 0 Å². The first-order valence-corrected chi connectivity index (χ1v) is 7.06. The van der Waals surface area contributed by atoms with Gasteiger partial charge in [-0.25, -0.2) is 4.98 Å². The first-order valence-electron chi connectivity index (χ1n) is 6.24. The number of nitrogens with one attached hydrogen (secondary N) is 1. The van der Waals surface area contributed by atoms with Gasteiger partial charge in [0, 0.05) is 37.4 Å². The van der Waals surface area contributed by atoms with Crippen LogP contribution in [0, 0.1) is 0 Å². The van der Waals surface area contributed by atoms with Crippen LogP contribution < -0.4 is 5.32 Å². The first-order chi connectivity index (χ1) is 8.98. The molecule has 1 aliphatic carbocycles. The van der Waals surface area contributed by atoms with E-state index in [0.717, 1.165) is 10.6 Å². The number of hydrogen-bond acceptors (Lipinski definition) is 4. The van der Waals surface area contributed by atoms with Gasteiger partial charge in [0.2, 0.25) is 0 Å². The summed E-state index contributed by atoms with van der Waals surface area (Å²) in [6.45, 7) is 1.03. The Bertz CT molecular complexity index is 416. The normalized spacial score (nSPS) is 16.0. The number of alkyl halides is 3. The molecule has 19 heavy (non-hydrogen) atoms. The van der Waals surface area contributed by atoms with Crippen molar-refractivity contribution in [2.24, 2.45) is 0 Å². The molecule has 0 aromatic carbocycles. The summed E-state index contributed by atoms with van der Waals surface area (Å²) in [7, 11) is 1.56. The van der Waals surface area contributed by atoms with Gasteiger partial charge in [-0.15, -0.1) is 11.3 Å². The first kappa shape index (κ1) is 14.7. The number of aromatic nitrogens is 1. The molecule has 1 heterocycles. The quantitative estimate of drug-likeness (QED) is 0.839. The van der Waals surface area contributed by atoms with E-state index >= 15 is 0 Å². The van der Waals surface area contributed by atoms with Crippen LogP contribution in [0.15, 0.2) is 0 Å². The van der Waals surface area contributed by atoms with Crippen LogP contribution in [0.3, 0.4) is 0 Å². The molecule has 3 nitrogen and oxygen atoms in total. The van der Waals surface area contributed by atoms with Gasteiger partial charge in [0.05, 0.1) is 17.3 Å². The number of rotatable bonds is 7. The lowest BCUT2D eigenvalue weighted by Gasteiger charge is -2.02. The highest BCUT2D eigenvalue weighted by molar-refractivity contribution is 7.11. The number of thiazole rings is 1. The maximum Gasteiger partial charge on any atom is 0.389 e. The second kappa shape index (κ2) is 6.19. The standard InChI is InChI=1S/C12H17F3N2OS/c1-18-7-9-10(6-16-8-2-3-8)19-11(17-9)4-5-12(13,14)15/h8,16H,2-7H2,1H3. The lowest BCUT2D eigenvalue weighted by molar-refractivity contribution is -0.134. The molecule has 1 aliphatic rings. The predicted octanol–water partition coefficient (Wildman–Crippen LogP) is 3.04. The fourth-order valence-corrected chi connectivity index (χ4v) is 2.73. The fraction of sp³-hybridized carbons (Fsp3) is 0.750. The van der Waals surface area contributed by atoms with Crippen molar-refractivity contribution < 1.29 is 17.9 Å². The van der Waals surface area contributed by atoms with Crippen molar-refractivity contribution in [3.05, 3.63) is 15.6 Å². The topological polar surface area (TPSA) is 34.1 Å². The van der Waals surface area contributed by atoms with Crippen LogP contribution in [0.2, 0.25) is 0 Å². The Kier molecular flexibility index (Phi) is 4.81. The van der Waals surface area contributed by atoms with Gasteiger partial charge in [-0.1, -0.05) is 0 Å². The van der Waals surface area contributed by atoms with Crippen molar-refractivity contribution in [1.82, 2.24) is 10.3 Å². The molecule has 1 saturated carbocycles. The van der Waals surface area contributed by atoms with E-state index in [1.165, 1.54) is 24.2 Å². The molecule has 0 atom stereocenters. The Hall–Kier alpha value is -0.660. The Morgan fingerprint density at radius 2 is 2.16 bits per heavy atom. The van der Waals surface area contributed by atoms with Crippen molar-refractivity contribution in [3.63, 3.8) is 0 Å². The molecule has 7 heteroatoms. The van der Waals surface area contributed by atoms with Gasteiger partial charge in [0.15, 0.2) is 0 Å². The van der Waals surface area contributed by atoms with Crippen LogP contribution >= 0.6 is 11.3 Å². The van der Waals surface area contributed by atoms with Crippen LogP contribution in [0.1, 0.15) is 34.8 Å². The number of hydrogen-bond donors (Lipinski definition) is 1. The zero-order valence-corrected chi connectivity index (χ0v) is 11.5. The molecule has 0 spiro atoms. The van der Waals surface area contributed by atoms with E-state index in [-0.39, 0.29) is 6.42 Å². The third kappa shape index (κ3) is 5.08. The van der Waals surface area contributed by atoms with Gasteiger partial charge in [0.1, 0.15) is 0 Å². The molecule has 1 N–H and O–H groups in total. The zero-order valence-electron chi connectivity index (χ0n) is 10.7. The van der Waals surface area contributed by atoms with E-state index in [4.69, 9.17) is 4.74 Å². The summed E-state index contributed by atoms with van der Waals surface area (Å²) in [5.74, 6) is 0. The van der Waals surface area contributed by atoms with Crippen LogP contribution in [-0.4, -0.2) is 24.3 Å². The second-order valence-corrected chi connectivity index (χ2v) is 5.85. The number of aryl methyl sites for hydroxylation is 1. The van der Waals surface area contributed by atoms with Crippen LogP contribution in [0.4, 0.5) is 13.2 Å². The number of nitrogens with zero attached hydrogens (tertiary/aromatic N) is 1. The Balaban J connectivity index is 1.96. The third-order valence-electron chi connectivity index (χ3n) is 2.85. The van der Waals surface area contributed by atoms with Crippen LogP contribution in [0.25, 0.3) is 0 Å². The summed E-state index contributed by atoms with van der Waals surface area (Å²) >= 11 is 1.36. The summed E-state index contributed by atoms with van der Waals surface area (Å²) in [6.07, 6.45) is -2.63. The molecule has 0 unspecified atom stereocenters. The molecule has 0 saturated heterocycles. The molecule has 0 aliphatic heterocycles. The zero-order chi connectivity index (χ0) is 13.9. The lowest BCUT2D eigenvalue weighted by atomic mass is 10.3. The van der Waals surface area contributed by atoms with Crippen molar-refractivity contribution in [2.75, 3.05) is 7.11 Å². The van der Waals surface area contributed by atoms with E-state index in [9.17, 15) is 13.2 Å². The average Bonchev–Trinajstić information content (AvgIpc) is 3.07. The van der Waals surface area contributed by atoms with Gasteiger partial charge in [-0.05, 0) is 12.8 Å². The van der Waals surface area contributed by atoms with Crippen molar-refractivity contribution >= 4 is 11.3 Å². The largest absolute Gasteiger partial charge is 0.389 e. The van der Waals surface area contributed by atoms with Gasteiger partial charge < -0.3 is 10.1 Å². The summed E-state index contributed by atoms with van der Waals surface area (Å²) in [4.78, 5) is 5.25. The van der Waals surface area contributed by atoms with Crippen LogP contribution in [-0.2, 0) is 24.3 Å². The summed E-state index contributed by atoms with van der Waals surface area (Å²) < 4.78 is 41.6. The molecular weight excluding hydrogens is 277 g/mol. The fourth-order valence-electron chi connectivity index (χ4n) is 1.70. The molecule has 2 rings (SSSR count). The minimum atomic E-state index is -4.13. The molecule has 0 radical (unpaired) electrons. The van der Waals surface area contributed by atoms with E-state index in [2.05, 4.69) is 10.3 Å². The summed E-state index contributed by atoms with van der Waals surface area (Å²) in [5.41, 5.74) is 0.762. The van der Waals surface area contributed by atoms with Gasteiger partial charge >= 0.3 is 6.18 Å². The second-order valence-electron chi connectivity index (χ2n) is 4.68. The van der Waals surface area contributed by atoms with E-state index in [1.54, 1.807) is 7.11 Å². The number of halogens is 3. The van der Waals surface area contributed by atoms with Gasteiger partial charge in [-0.3, -0.25) is 0 Å². The minimum absolute atomic E-state index is 0.0473. The van der Waals surface area contributed by atoms with E-state index in [1.807, 2.05) is 0 Å². The maximum atomic E-state index is 12.2. The highest BCUT2D eigenvalue weighted by Crippen LogP contribution is 2.27. The van der Waals surface area contributed by atoms with Crippen molar-refractivity contribution in [1.29, 1.82) is 0 Å². The summed E-state index contributed by atoms with van der Waals surface area (Å²) in [5, 5.41) is 3.89. The highest BCUT2D eigenvalue weighted by Gasteiger charge is 2.27. The Labute approximate surface area is 114 Å². The predicted molar refractivity (Wildman–Crippen MR) is 67.1 cm³/mol. The lowest BCUT2D eigenvalue weighted by Crippen LogP contribution is -2.15. The SMILES string of the molecule is COCc1nc(CCC(F)(F)F)sc1CNC1CC1. The molecule has 0 bridgehead atoms. The van der Waals surface area contributed by atoms with Crippen molar-refractivity contribution in [2.45, 2.75) is 51.1 Å². The molecule has 1 aromatic rings. The van der Waals surface area contributed by atoms with Gasteiger partial charge in [-0.2, -0.15) is 13.2 Å². The Morgan fingerprint density at radius 1 is 1.42 bits per heavy atom. The van der Waals surface area contributed by atoms with E-state index < -0.39 is 12.6 Å². The van der Waals surface area contributed by atoms with E-state index in [0.29, 0.717) is 24.2 Å².